The van der Waals surface area contributed by atoms with Crippen molar-refractivity contribution in [3.8, 4) is 0 Å². The minimum absolute atomic E-state index is 0.455. The highest BCUT2D eigenvalue weighted by atomic mass is 32.2. The molecule has 70 valence electrons. The molecule has 0 aliphatic heterocycles. The van der Waals surface area contributed by atoms with Crippen LogP contribution in [0.4, 0.5) is 5.82 Å². The predicted octanol–water partition coefficient (Wildman–Crippen LogP) is 1.00. The van der Waals surface area contributed by atoms with Gasteiger partial charge >= 0.3 is 0 Å². The van der Waals surface area contributed by atoms with Crippen LogP contribution < -0.4 is 5.73 Å². The quantitative estimate of drug-likeness (QED) is 0.737. The predicted molar refractivity (Wildman–Crippen MR) is 52.6 cm³/mol. The zero-order chi connectivity index (χ0) is 9.80. The molecule has 6 heteroatoms. The maximum atomic E-state index is 5.52. The molecular weight excluding hydrogens is 198 g/mol. The van der Waals surface area contributed by atoms with Gasteiger partial charge in [0.05, 0.1) is 0 Å². The normalized spacial score (nSPS) is 10.0. The van der Waals surface area contributed by atoms with E-state index >= 15 is 0 Å². The number of aromatic nitrogens is 4. The van der Waals surface area contributed by atoms with Crippen molar-refractivity contribution in [3.05, 3.63) is 31.0 Å². The Kier molecular flexibility index (Phi) is 2.55. The number of nitrogen functional groups attached to an aromatic ring is 1. The van der Waals surface area contributed by atoms with E-state index in [1.54, 1.807) is 12.3 Å². The van der Waals surface area contributed by atoms with Crippen LogP contribution in [0, 0.1) is 0 Å². The number of rotatable bonds is 2. The summed E-state index contributed by atoms with van der Waals surface area (Å²) < 4.78 is 0. The topological polar surface area (TPSA) is 77.6 Å². The Morgan fingerprint density at radius 2 is 1.93 bits per heavy atom. The first kappa shape index (κ1) is 8.89. The van der Waals surface area contributed by atoms with Crippen LogP contribution >= 0.6 is 11.8 Å². The first-order chi connectivity index (χ1) is 6.84. The van der Waals surface area contributed by atoms with Gasteiger partial charge < -0.3 is 5.73 Å². The van der Waals surface area contributed by atoms with Gasteiger partial charge in [-0.2, -0.15) is 0 Å². The maximum absolute atomic E-state index is 5.52. The smallest absolute Gasteiger partial charge is 0.127 e. The molecule has 2 rings (SSSR count). The molecule has 0 atom stereocenters. The lowest BCUT2D eigenvalue weighted by molar-refractivity contribution is 1.02. The molecule has 2 aromatic rings. The fraction of sp³-hybridized carbons (Fsp3) is 0. The number of nitrogens with zero attached hydrogens (tertiary/aromatic N) is 4. The fourth-order valence-corrected chi connectivity index (χ4v) is 1.58. The summed E-state index contributed by atoms with van der Waals surface area (Å²) >= 11 is 1.42. The van der Waals surface area contributed by atoms with E-state index < -0.39 is 0 Å². The van der Waals surface area contributed by atoms with Crippen molar-refractivity contribution in [1.29, 1.82) is 0 Å². The number of anilines is 1. The van der Waals surface area contributed by atoms with Crippen LogP contribution in [0.15, 0.2) is 41.0 Å². The minimum atomic E-state index is 0.455. The van der Waals surface area contributed by atoms with E-state index in [4.69, 9.17) is 5.73 Å². The van der Waals surface area contributed by atoms with E-state index in [9.17, 15) is 0 Å². The average molecular weight is 205 g/mol. The van der Waals surface area contributed by atoms with Crippen molar-refractivity contribution >= 4 is 17.6 Å². The number of nitrogens with two attached hydrogens (primary N) is 1. The first-order valence-electron chi connectivity index (χ1n) is 3.86. The second kappa shape index (κ2) is 4.01. The number of hydrogen-bond acceptors (Lipinski definition) is 6. The van der Waals surface area contributed by atoms with Crippen molar-refractivity contribution in [1.82, 2.24) is 19.9 Å². The summed E-state index contributed by atoms with van der Waals surface area (Å²) in [4.78, 5) is 15.7. The van der Waals surface area contributed by atoms with Crippen LogP contribution in [0.3, 0.4) is 0 Å². The summed E-state index contributed by atoms with van der Waals surface area (Å²) in [5.41, 5.74) is 5.52. The lowest BCUT2D eigenvalue weighted by Gasteiger charge is -1.98. The molecular formula is C8H7N5S. The molecule has 2 heterocycles. The zero-order valence-electron chi connectivity index (χ0n) is 7.16. The van der Waals surface area contributed by atoms with Gasteiger partial charge in [-0.15, -0.1) is 0 Å². The second-order valence-corrected chi connectivity index (χ2v) is 3.47. The third-order valence-corrected chi connectivity index (χ3v) is 2.31. The van der Waals surface area contributed by atoms with Crippen molar-refractivity contribution in [2.75, 3.05) is 5.73 Å². The molecule has 0 aliphatic carbocycles. The van der Waals surface area contributed by atoms with Gasteiger partial charge in [0, 0.05) is 12.3 Å². The van der Waals surface area contributed by atoms with E-state index in [1.807, 2.05) is 6.07 Å². The summed E-state index contributed by atoms with van der Waals surface area (Å²) in [7, 11) is 0. The summed E-state index contributed by atoms with van der Waals surface area (Å²) in [6, 6.07) is 3.51. The largest absolute Gasteiger partial charge is 0.384 e. The summed E-state index contributed by atoms with van der Waals surface area (Å²) in [6.07, 6.45) is 4.60. The third kappa shape index (κ3) is 2.17. The van der Waals surface area contributed by atoms with Crippen LogP contribution in [0.5, 0.6) is 0 Å². The first-order valence-corrected chi connectivity index (χ1v) is 4.67. The van der Waals surface area contributed by atoms with Gasteiger partial charge in [-0.05, 0) is 17.8 Å². The Morgan fingerprint density at radius 3 is 2.64 bits per heavy atom. The fourth-order valence-electron chi connectivity index (χ4n) is 0.855. The minimum Gasteiger partial charge on any atom is -0.384 e. The van der Waals surface area contributed by atoms with E-state index in [0.29, 0.717) is 5.82 Å². The van der Waals surface area contributed by atoms with Gasteiger partial charge in [-0.1, -0.05) is 0 Å². The van der Waals surface area contributed by atoms with Crippen molar-refractivity contribution < 1.29 is 0 Å². The Balaban J connectivity index is 2.19. The van der Waals surface area contributed by atoms with Crippen molar-refractivity contribution in [2.24, 2.45) is 0 Å². The Morgan fingerprint density at radius 1 is 1.07 bits per heavy atom. The van der Waals surface area contributed by atoms with Gasteiger partial charge in [-0.3, -0.25) is 0 Å². The highest BCUT2D eigenvalue weighted by Crippen LogP contribution is 2.23. The molecule has 0 unspecified atom stereocenters. The lowest BCUT2D eigenvalue weighted by atomic mass is 10.6. The van der Waals surface area contributed by atoms with Crippen molar-refractivity contribution in [2.45, 2.75) is 10.1 Å². The third-order valence-electron chi connectivity index (χ3n) is 1.43. The molecule has 0 aromatic carbocycles. The molecule has 0 saturated heterocycles. The maximum Gasteiger partial charge on any atom is 0.127 e. The van der Waals surface area contributed by atoms with Crippen LogP contribution in [0.2, 0.25) is 0 Å². The van der Waals surface area contributed by atoms with E-state index in [2.05, 4.69) is 19.9 Å². The highest BCUT2D eigenvalue weighted by molar-refractivity contribution is 7.99. The van der Waals surface area contributed by atoms with Crippen LogP contribution in [0.25, 0.3) is 0 Å². The van der Waals surface area contributed by atoms with Crippen molar-refractivity contribution in [3.63, 3.8) is 0 Å². The summed E-state index contributed by atoms with van der Waals surface area (Å²) in [5, 5.41) is 1.61. The number of hydrogen-bond donors (Lipinski definition) is 1. The molecule has 0 fully saturated rings. The van der Waals surface area contributed by atoms with Crippen LogP contribution in [0.1, 0.15) is 0 Å². The van der Waals surface area contributed by atoms with Gasteiger partial charge in [0.25, 0.3) is 0 Å². The van der Waals surface area contributed by atoms with Gasteiger partial charge in [0.1, 0.15) is 28.5 Å². The molecule has 0 bridgehead atoms. The van der Waals surface area contributed by atoms with Crippen LogP contribution in [-0.2, 0) is 0 Å². The Labute approximate surface area is 84.8 Å². The zero-order valence-corrected chi connectivity index (χ0v) is 7.98. The molecule has 0 aliphatic rings. The van der Waals surface area contributed by atoms with E-state index in [-0.39, 0.29) is 0 Å². The monoisotopic (exact) mass is 205 g/mol. The van der Waals surface area contributed by atoms with Gasteiger partial charge in [-0.25, -0.2) is 19.9 Å². The van der Waals surface area contributed by atoms with Crippen LogP contribution in [-0.4, -0.2) is 19.9 Å². The van der Waals surface area contributed by atoms with Gasteiger partial charge in [0.15, 0.2) is 0 Å². The van der Waals surface area contributed by atoms with Gasteiger partial charge in [0.2, 0.25) is 0 Å². The summed E-state index contributed by atoms with van der Waals surface area (Å²) in [5.74, 6) is 0.455. The molecule has 0 spiro atoms. The molecule has 0 saturated carbocycles. The lowest BCUT2D eigenvalue weighted by Crippen LogP contribution is -1.91. The molecule has 14 heavy (non-hydrogen) atoms. The SMILES string of the molecule is Nc1cc(Sc2ccncn2)ncn1. The highest BCUT2D eigenvalue weighted by Gasteiger charge is 1.99. The Bertz CT molecular complexity index is 419. The molecule has 0 radical (unpaired) electrons. The van der Waals surface area contributed by atoms with E-state index in [1.165, 1.54) is 24.4 Å². The van der Waals surface area contributed by atoms with E-state index in [0.717, 1.165) is 10.1 Å². The molecule has 2 aromatic heterocycles. The molecule has 0 amide bonds. The standard InChI is InChI=1S/C8H7N5S/c9-6-3-8(13-5-11-6)14-7-1-2-10-4-12-7/h1-5H,(H2,9,11,13). The second-order valence-electron chi connectivity index (χ2n) is 2.43. The molecule has 5 nitrogen and oxygen atoms in total. The average Bonchev–Trinajstić information content (AvgIpc) is 2.19. The Hall–Kier alpha value is -1.69. The summed E-state index contributed by atoms with van der Waals surface area (Å²) in [6.45, 7) is 0. The molecule has 2 N–H and O–H groups in total.